The van der Waals surface area contributed by atoms with Crippen LogP contribution >= 0.6 is 27.7 Å². The number of hydrogen-bond donors (Lipinski definition) is 3. The van der Waals surface area contributed by atoms with E-state index in [4.69, 9.17) is 0 Å². The van der Waals surface area contributed by atoms with Crippen LogP contribution in [0, 0.1) is 6.92 Å². The molecule has 7 nitrogen and oxygen atoms in total. The van der Waals surface area contributed by atoms with E-state index in [1.807, 2.05) is 19.1 Å². The molecule has 0 saturated carbocycles. The second kappa shape index (κ2) is 9.29. The summed E-state index contributed by atoms with van der Waals surface area (Å²) in [5.74, 6) is -0.693. The Bertz CT molecular complexity index is 995. The first kappa shape index (κ1) is 21.8. The molecule has 0 radical (unpaired) electrons. The van der Waals surface area contributed by atoms with E-state index in [1.54, 1.807) is 24.3 Å². The lowest BCUT2D eigenvalue weighted by Gasteiger charge is -2.29. The van der Waals surface area contributed by atoms with Gasteiger partial charge in [-0.2, -0.15) is 0 Å². The lowest BCUT2D eigenvalue weighted by Crippen LogP contribution is -2.59. The first-order valence-electron chi connectivity index (χ1n) is 8.77. The Balaban J connectivity index is 1.53. The predicted octanol–water partition coefficient (Wildman–Crippen LogP) is 2.27. The van der Waals surface area contributed by atoms with Crippen LogP contribution in [0.4, 0.5) is 5.69 Å². The number of halogens is 1. The second-order valence-electron chi connectivity index (χ2n) is 6.51. The van der Waals surface area contributed by atoms with E-state index in [0.717, 1.165) is 10.0 Å². The number of anilines is 1. The number of rotatable bonds is 6. The molecule has 0 bridgehead atoms. The molecule has 2 aromatic rings. The van der Waals surface area contributed by atoms with Crippen LogP contribution < -0.4 is 16.0 Å². The van der Waals surface area contributed by atoms with Crippen molar-refractivity contribution in [2.45, 2.75) is 22.6 Å². The number of hydrogen-bond acceptors (Lipinski definition) is 6. The van der Waals surface area contributed by atoms with Gasteiger partial charge in [-0.15, -0.1) is 11.8 Å². The molecule has 2 aromatic carbocycles. The van der Waals surface area contributed by atoms with Crippen molar-refractivity contribution in [2.24, 2.45) is 0 Å². The molecular weight excluding hydrogens is 478 g/mol. The van der Waals surface area contributed by atoms with Gasteiger partial charge >= 0.3 is 0 Å². The maximum atomic E-state index is 12.7. The first-order chi connectivity index (χ1) is 13.8. The Morgan fingerprint density at radius 3 is 2.45 bits per heavy atom. The van der Waals surface area contributed by atoms with Crippen LogP contribution in [0.3, 0.4) is 0 Å². The Labute approximate surface area is 182 Å². The molecule has 0 aromatic heterocycles. The molecule has 1 fully saturated rings. The van der Waals surface area contributed by atoms with Gasteiger partial charge < -0.3 is 10.6 Å². The van der Waals surface area contributed by atoms with Gasteiger partial charge in [0.1, 0.15) is 5.50 Å². The fourth-order valence-electron chi connectivity index (χ4n) is 2.71. The molecule has 1 saturated heterocycles. The quantitative estimate of drug-likeness (QED) is 0.565. The van der Waals surface area contributed by atoms with Gasteiger partial charge in [0, 0.05) is 16.7 Å². The molecule has 154 valence electrons. The zero-order valence-corrected chi connectivity index (χ0v) is 18.7. The van der Waals surface area contributed by atoms with Gasteiger partial charge in [-0.3, -0.25) is 14.9 Å². The fraction of sp³-hybridized carbons (Fsp3) is 0.263. The highest BCUT2D eigenvalue weighted by Gasteiger charge is 2.38. The molecule has 2 atom stereocenters. The van der Waals surface area contributed by atoms with Crippen molar-refractivity contribution in [2.75, 3.05) is 17.6 Å². The fourth-order valence-corrected chi connectivity index (χ4v) is 5.29. The van der Waals surface area contributed by atoms with E-state index in [-0.39, 0.29) is 23.1 Å². The molecule has 1 heterocycles. The number of thioether (sulfide) groups is 1. The van der Waals surface area contributed by atoms with E-state index in [9.17, 15) is 18.0 Å². The van der Waals surface area contributed by atoms with Crippen LogP contribution in [0.1, 0.15) is 5.56 Å². The minimum absolute atomic E-state index is 0.0198. The van der Waals surface area contributed by atoms with Crippen molar-refractivity contribution < 1.29 is 18.0 Å². The third kappa shape index (κ3) is 5.59. The molecule has 3 rings (SSSR count). The summed E-state index contributed by atoms with van der Waals surface area (Å²) in [5.41, 5.74) is 1.07. The zero-order chi connectivity index (χ0) is 21.0. The van der Waals surface area contributed by atoms with Crippen molar-refractivity contribution >= 4 is 55.0 Å². The number of amides is 2. The Morgan fingerprint density at radius 1 is 1.17 bits per heavy atom. The number of benzene rings is 2. The minimum Gasteiger partial charge on any atom is -0.331 e. The number of carbonyl (C=O) groups is 2. The number of aryl methyl sites for hydroxylation is 1. The van der Waals surface area contributed by atoms with Crippen molar-refractivity contribution in [1.82, 2.24) is 10.6 Å². The van der Waals surface area contributed by atoms with Crippen LogP contribution in [0.5, 0.6) is 0 Å². The van der Waals surface area contributed by atoms with E-state index in [0.29, 0.717) is 5.69 Å². The molecule has 1 aliphatic heterocycles. The summed E-state index contributed by atoms with van der Waals surface area (Å²) < 4.78 is 26.4. The smallest absolute Gasteiger partial charge is 0.241 e. The van der Waals surface area contributed by atoms with Gasteiger partial charge in [0.2, 0.25) is 11.8 Å². The Hall–Kier alpha value is -1.88. The Morgan fingerprint density at radius 2 is 1.83 bits per heavy atom. The zero-order valence-electron chi connectivity index (χ0n) is 15.5. The SMILES string of the molecule is Cc1ccc(S(=O)(=O)C2CNC(SCC(=O)Nc3ccc(Br)cc3)NC2=O)cc1. The van der Waals surface area contributed by atoms with Gasteiger partial charge in [-0.25, -0.2) is 8.42 Å². The van der Waals surface area contributed by atoms with E-state index < -0.39 is 26.5 Å². The van der Waals surface area contributed by atoms with Crippen molar-refractivity contribution in [3.8, 4) is 0 Å². The predicted molar refractivity (Wildman–Crippen MR) is 117 cm³/mol. The van der Waals surface area contributed by atoms with Crippen LogP contribution in [0.2, 0.25) is 0 Å². The van der Waals surface area contributed by atoms with Gasteiger partial charge in [0.15, 0.2) is 15.1 Å². The molecule has 10 heteroatoms. The Kier molecular flexibility index (Phi) is 6.99. The summed E-state index contributed by atoms with van der Waals surface area (Å²) in [6.07, 6.45) is 0. The third-order valence-electron chi connectivity index (χ3n) is 4.29. The van der Waals surface area contributed by atoms with Gasteiger partial charge in [-0.05, 0) is 43.3 Å². The monoisotopic (exact) mass is 497 g/mol. The van der Waals surface area contributed by atoms with E-state index in [1.165, 1.54) is 23.9 Å². The normalized spacial score (nSPS) is 19.4. The van der Waals surface area contributed by atoms with Crippen LogP contribution in [0.15, 0.2) is 57.9 Å². The van der Waals surface area contributed by atoms with Crippen molar-refractivity contribution in [3.63, 3.8) is 0 Å². The van der Waals surface area contributed by atoms with E-state index in [2.05, 4.69) is 31.9 Å². The summed E-state index contributed by atoms with van der Waals surface area (Å²) in [6, 6.07) is 13.6. The summed E-state index contributed by atoms with van der Waals surface area (Å²) in [5, 5.41) is 7.16. The molecule has 1 aliphatic rings. The highest BCUT2D eigenvalue weighted by Crippen LogP contribution is 2.20. The maximum absolute atomic E-state index is 12.7. The van der Waals surface area contributed by atoms with Gasteiger partial charge in [-0.1, -0.05) is 33.6 Å². The van der Waals surface area contributed by atoms with Crippen LogP contribution in [-0.4, -0.2) is 43.3 Å². The average molecular weight is 498 g/mol. The number of sulfone groups is 1. The molecule has 0 aliphatic carbocycles. The van der Waals surface area contributed by atoms with Crippen LogP contribution in [0.25, 0.3) is 0 Å². The molecule has 29 heavy (non-hydrogen) atoms. The van der Waals surface area contributed by atoms with Crippen LogP contribution in [-0.2, 0) is 19.4 Å². The standard InChI is InChI=1S/C19H20BrN3O4S2/c1-12-2-8-15(9-3-12)29(26,27)16-10-21-19(23-18(16)25)28-11-17(24)22-14-6-4-13(20)5-7-14/h2-9,16,19,21H,10-11H2,1H3,(H,22,24)(H,23,25). The average Bonchev–Trinajstić information content (AvgIpc) is 2.68. The third-order valence-corrected chi connectivity index (χ3v) is 7.92. The lowest BCUT2D eigenvalue weighted by atomic mass is 10.2. The molecule has 3 N–H and O–H groups in total. The second-order valence-corrected chi connectivity index (χ2v) is 10.6. The maximum Gasteiger partial charge on any atom is 0.241 e. The summed E-state index contributed by atoms with van der Waals surface area (Å²) in [7, 11) is -3.79. The van der Waals surface area contributed by atoms with Gasteiger partial charge in [0.05, 0.1) is 10.6 Å². The summed E-state index contributed by atoms with van der Waals surface area (Å²) >= 11 is 4.51. The molecular formula is C19H20BrN3O4S2. The molecule has 2 unspecified atom stereocenters. The number of nitrogens with one attached hydrogen (secondary N) is 3. The topological polar surface area (TPSA) is 104 Å². The largest absolute Gasteiger partial charge is 0.331 e. The van der Waals surface area contributed by atoms with Gasteiger partial charge in [0.25, 0.3) is 0 Å². The van der Waals surface area contributed by atoms with Crippen molar-refractivity contribution in [1.29, 1.82) is 0 Å². The molecule has 0 spiro atoms. The highest BCUT2D eigenvalue weighted by atomic mass is 79.9. The first-order valence-corrected chi connectivity index (χ1v) is 12.2. The molecule has 2 amide bonds. The number of carbonyl (C=O) groups excluding carboxylic acids is 2. The lowest BCUT2D eigenvalue weighted by molar-refractivity contribution is -0.122. The van der Waals surface area contributed by atoms with E-state index >= 15 is 0 Å². The minimum atomic E-state index is -3.79. The summed E-state index contributed by atoms with van der Waals surface area (Å²) in [6.45, 7) is 1.84. The highest BCUT2D eigenvalue weighted by molar-refractivity contribution is 9.10. The summed E-state index contributed by atoms with van der Waals surface area (Å²) in [4.78, 5) is 24.6. The van der Waals surface area contributed by atoms with Crippen molar-refractivity contribution in [3.05, 3.63) is 58.6 Å².